The number of nitrogen functional groups attached to an aromatic ring is 1. The number of ether oxygens (including phenoxy) is 1. The fraction of sp³-hybridized carbons (Fsp3) is 0.136. The normalized spacial score (nSPS) is 11.5. The Balaban J connectivity index is 1.76. The molecule has 4 rings (SSSR count). The zero-order valence-electron chi connectivity index (χ0n) is 17.6. The second-order valence-electron chi connectivity index (χ2n) is 7.09. The van der Waals surface area contributed by atoms with E-state index in [2.05, 4.69) is 4.98 Å². The van der Waals surface area contributed by atoms with Crippen molar-refractivity contribution < 1.29 is 17.9 Å². The predicted molar refractivity (Wildman–Crippen MR) is 126 cm³/mol. The Kier molecular flexibility index (Phi) is 6.27. The lowest BCUT2D eigenvalue weighted by Gasteiger charge is -2.06. The average molecular weight is 484 g/mol. The molecule has 0 amide bonds. The van der Waals surface area contributed by atoms with Crippen LogP contribution in [0.2, 0.25) is 0 Å². The summed E-state index contributed by atoms with van der Waals surface area (Å²) in [6.07, 6.45) is 0.400. The quantitative estimate of drug-likeness (QED) is 0.385. The Morgan fingerprint density at radius 3 is 2.45 bits per heavy atom. The molecule has 2 aromatic heterocycles. The van der Waals surface area contributed by atoms with Crippen molar-refractivity contribution in [2.45, 2.75) is 18.2 Å². The Bertz CT molecular complexity index is 1390. The maximum Gasteiger partial charge on any atom is 0.357 e. The molecule has 0 atom stereocenters. The molecule has 0 spiro atoms. The first-order valence-corrected chi connectivity index (χ1v) is 12.4. The monoisotopic (exact) mass is 483 g/mol. The van der Waals surface area contributed by atoms with Gasteiger partial charge in [-0.3, -0.25) is 0 Å². The molecule has 0 unspecified atom stereocenters. The van der Waals surface area contributed by atoms with Crippen molar-refractivity contribution in [2.75, 3.05) is 12.3 Å². The summed E-state index contributed by atoms with van der Waals surface area (Å²) in [5.41, 5.74) is 9.79. The SMILES string of the molecule is CCOC(=O)c1csc(-n2nc(-c3ccccc3)c(Cc3ccc(S(N)(=O)=O)cc3)c2N)n1. The molecule has 2 heterocycles. The Labute approximate surface area is 194 Å². The number of hydrogen-bond donors (Lipinski definition) is 2. The van der Waals surface area contributed by atoms with Crippen LogP contribution < -0.4 is 10.9 Å². The minimum absolute atomic E-state index is 0.0347. The molecule has 11 heteroatoms. The first-order chi connectivity index (χ1) is 15.8. The van der Waals surface area contributed by atoms with Gasteiger partial charge in [0, 0.05) is 22.9 Å². The third kappa shape index (κ3) is 4.80. The molecule has 0 saturated carbocycles. The third-order valence-corrected chi connectivity index (χ3v) is 6.61. The van der Waals surface area contributed by atoms with Crippen LogP contribution in [-0.4, -0.2) is 35.8 Å². The van der Waals surface area contributed by atoms with Crippen molar-refractivity contribution in [1.29, 1.82) is 0 Å². The van der Waals surface area contributed by atoms with E-state index in [0.29, 0.717) is 23.1 Å². The number of carbonyl (C=O) groups is 1. The molecule has 0 fully saturated rings. The highest BCUT2D eigenvalue weighted by Gasteiger charge is 2.21. The first-order valence-electron chi connectivity index (χ1n) is 9.95. The zero-order valence-corrected chi connectivity index (χ0v) is 19.3. The summed E-state index contributed by atoms with van der Waals surface area (Å²) in [4.78, 5) is 16.4. The van der Waals surface area contributed by atoms with Crippen LogP contribution in [0.1, 0.15) is 28.5 Å². The summed E-state index contributed by atoms with van der Waals surface area (Å²) in [7, 11) is -3.78. The molecule has 9 nitrogen and oxygen atoms in total. The van der Waals surface area contributed by atoms with E-state index in [0.717, 1.165) is 16.7 Å². The van der Waals surface area contributed by atoms with Crippen LogP contribution in [0.3, 0.4) is 0 Å². The van der Waals surface area contributed by atoms with Crippen LogP contribution in [-0.2, 0) is 21.2 Å². The zero-order chi connectivity index (χ0) is 23.6. The van der Waals surface area contributed by atoms with Crippen molar-refractivity contribution in [3.05, 3.63) is 76.8 Å². The highest BCUT2D eigenvalue weighted by molar-refractivity contribution is 7.89. The molecule has 0 saturated heterocycles. The van der Waals surface area contributed by atoms with E-state index in [-0.39, 0.29) is 17.2 Å². The number of sulfonamides is 1. The number of esters is 1. The van der Waals surface area contributed by atoms with Gasteiger partial charge in [0.1, 0.15) is 5.82 Å². The van der Waals surface area contributed by atoms with E-state index in [1.165, 1.54) is 28.2 Å². The van der Waals surface area contributed by atoms with Crippen molar-refractivity contribution in [2.24, 2.45) is 5.14 Å². The molecule has 0 radical (unpaired) electrons. The van der Waals surface area contributed by atoms with Gasteiger partial charge >= 0.3 is 5.97 Å². The molecule has 2 aromatic carbocycles. The maximum absolute atomic E-state index is 12.0. The van der Waals surface area contributed by atoms with Gasteiger partial charge in [-0.15, -0.1) is 11.3 Å². The summed E-state index contributed by atoms with van der Waals surface area (Å²) in [6.45, 7) is 1.98. The number of benzene rings is 2. The van der Waals surface area contributed by atoms with E-state index < -0.39 is 16.0 Å². The van der Waals surface area contributed by atoms with E-state index in [4.69, 9.17) is 20.7 Å². The summed E-state index contributed by atoms with van der Waals surface area (Å²) in [5.74, 6) is -0.140. The van der Waals surface area contributed by atoms with Gasteiger partial charge < -0.3 is 10.5 Å². The van der Waals surface area contributed by atoms with E-state index in [1.807, 2.05) is 30.3 Å². The summed E-state index contributed by atoms with van der Waals surface area (Å²) < 4.78 is 29.6. The van der Waals surface area contributed by atoms with E-state index in [1.54, 1.807) is 24.4 Å². The molecule has 0 bridgehead atoms. The minimum atomic E-state index is -3.78. The number of aromatic nitrogens is 3. The fourth-order valence-electron chi connectivity index (χ4n) is 3.27. The predicted octanol–water partition coefficient (Wildman–Crippen LogP) is 2.99. The molecule has 0 aliphatic carbocycles. The van der Waals surface area contributed by atoms with Crippen LogP contribution in [0.15, 0.2) is 64.9 Å². The number of nitrogens with two attached hydrogens (primary N) is 2. The van der Waals surface area contributed by atoms with E-state index in [9.17, 15) is 13.2 Å². The van der Waals surface area contributed by atoms with Crippen LogP contribution in [0, 0.1) is 0 Å². The van der Waals surface area contributed by atoms with Gasteiger partial charge in [-0.1, -0.05) is 42.5 Å². The first kappa shape index (κ1) is 22.6. The number of hydrogen-bond acceptors (Lipinski definition) is 8. The highest BCUT2D eigenvalue weighted by Crippen LogP contribution is 2.32. The number of thiazole rings is 1. The summed E-state index contributed by atoms with van der Waals surface area (Å²) in [5, 5.41) is 11.9. The van der Waals surface area contributed by atoms with Crippen molar-refractivity contribution >= 4 is 33.1 Å². The van der Waals surface area contributed by atoms with Gasteiger partial charge in [0.05, 0.1) is 17.2 Å². The lowest BCUT2D eigenvalue weighted by molar-refractivity contribution is 0.0520. The van der Waals surface area contributed by atoms with Crippen molar-refractivity contribution in [1.82, 2.24) is 14.8 Å². The van der Waals surface area contributed by atoms with Gasteiger partial charge in [-0.25, -0.2) is 23.3 Å². The van der Waals surface area contributed by atoms with Gasteiger partial charge in [0.25, 0.3) is 0 Å². The topological polar surface area (TPSA) is 143 Å². The minimum Gasteiger partial charge on any atom is -0.461 e. The maximum atomic E-state index is 12.0. The summed E-state index contributed by atoms with van der Waals surface area (Å²) in [6, 6.07) is 15.8. The van der Waals surface area contributed by atoms with E-state index >= 15 is 0 Å². The standard InChI is InChI=1S/C22H21N5O4S2/c1-2-31-21(28)18-13-32-22(25-18)27-20(23)17(19(26-27)15-6-4-3-5-7-15)12-14-8-10-16(11-9-14)33(24,29)30/h3-11,13H,2,12,23H2,1H3,(H2,24,29,30). The van der Waals surface area contributed by atoms with Crippen molar-refractivity contribution in [3.8, 4) is 16.4 Å². The molecular formula is C22H21N5O4S2. The second-order valence-corrected chi connectivity index (χ2v) is 9.49. The Morgan fingerprint density at radius 2 is 1.82 bits per heavy atom. The Morgan fingerprint density at radius 1 is 1.12 bits per heavy atom. The molecule has 170 valence electrons. The highest BCUT2D eigenvalue weighted by atomic mass is 32.2. The van der Waals surface area contributed by atoms with Crippen LogP contribution in [0.4, 0.5) is 5.82 Å². The number of anilines is 1. The number of carbonyl (C=O) groups excluding carboxylic acids is 1. The molecular weight excluding hydrogens is 462 g/mol. The lowest BCUT2D eigenvalue weighted by Crippen LogP contribution is -2.11. The van der Waals surface area contributed by atoms with Crippen LogP contribution in [0.25, 0.3) is 16.4 Å². The van der Waals surface area contributed by atoms with Gasteiger partial charge in [0.15, 0.2) is 5.69 Å². The number of primary sulfonamides is 1. The molecule has 4 N–H and O–H groups in total. The van der Waals surface area contributed by atoms with Gasteiger partial charge in [-0.2, -0.15) is 9.78 Å². The molecule has 33 heavy (non-hydrogen) atoms. The second kappa shape index (κ2) is 9.14. The number of rotatable bonds is 7. The molecule has 4 aromatic rings. The smallest absolute Gasteiger partial charge is 0.357 e. The average Bonchev–Trinajstić information content (AvgIpc) is 3.40. The molecule has 0 aliphatic rings. The lowest BCUT2D eigenvalue weighted by atomic mass is 10.0. The summed E-state index contributed by atoms with van der Waals surface area (Å²) >= 11 is 1.23. The number of nitrogens with zero attached hydrogens (tertiary/aromatic N) is 3. The van der Waals surface area contributed by atoms with Gasteiger partial charge in [0.2, 0.25) is 15.2 Å². The Hall–Kier alpha value is -3.54. The largest absolute Gasteiger partial charge is 0.461 e. The third-order valence-electron chi connectivity index (χ3n) is 4.86. The fourth-order valence-corrected chi connectivity index (χ4v) is 4.54. The van der Waals surface area contributed by atoms with Gasteiger partial charge in [-0.05, 0) is 24.6 Å². The van der Waals surface area contributed by atoms with Crippen LogP contribution >= 0.6 is 11.3 Å². The van der Waals surface area contributed by atoms with Crippen molar-refractivity contribution in [3.63, 3.8) is 0 Å². The van der Waals surface area contributed by atoms with Crippen LogP contribution in [0.5, 0.6) is 0 Å². The molecule has 0 aliphatic heterocycles.